The second kappa shape index (κ2) is 8.63. The minimum Gasteiger partial charge on any atom is -0.375 e. The van der Waals surface area contributed by atoms with Crippen LogP contribution in [0.25, 0.3) is 0 Å². The van der Waals surface area contributed by atoms with Crippen molar-refractivity contribution in [2.24, 2.45) is 0 Å². The smallest absolute Gasteiger partial charge is 0.230 e. The van der Waals surface area contributed by atoms with E-state index in [4.69, 9.17) is 10.5 Å². The van der Waals surface area contributed by atoms with Gasteiger partial charge in [-0.05, 0) is 6.92 Å². The molecule has 4 N–H and O–H groups in total. The Morgan fingerprint density at radius 2 is 2.40 bits per heavy atom. The molecule has 1 saturated heterocycles. The van der Waals surface area contributed by atoms with Gasteiger partial charge in [0.25, 0.3) is 0 Å². The molecular formula is C10H18ClN5O2S2. The molecule has 0 aromatic carbocycles. The largest absolute Gasteiger partial charge is 0.375 e. The van der Waals surface area contributed by atoms with Crippen LogP contribution in [0.15, 0.2) is 4.34 Å². The van der Waals surface area contributed by atoms with E-state index in [0.29, 0.717) is 21.8 Å². The molecule has 114 valence electrons. The van der Waals surface area contributed by atoms with Gasteiger partial charge in [-0.25, -0.2) is 0 Å². The predicted molar refractivity (Wildman–Crippen MR) is 82.5 cm³/mol. The van der Waals surface area contributed by atoms with E-state index in [-0.39, 0.29) is 30.5 Å². The summed E-state index contributed by atoms with van der Waals surface area (Å²) in [6.07, 6.45) is 0.0520. The highest BCUT2D eigenvalue weighted by atomic mass is 35.5. The van der Waals surface area contributed by atoms with E-state index in [0.717, 1.165) is 13.1 Å². The monoisotopic (exact) mass is 339 g/mol. The quantitative estimate of drug-likeness (QED) is 0.633. The fourth-order valence-electron chi connectivity index (χ4n) is 1.84. The Morgan fingerprint density at radius 3 is 3.05 bits per heavy atom. The van der Waals surface area contributed by atoms with Crippen molar-refractivity contribution in [1.82, 2.24) is 20.8 Å². The number of nitrogen functional groups attached to an aromatic ring is 1. The molecule has 1 aliphatic heterocycles. The van der Waals surface area contributed by atoms with Crippen molar-refractivity contribution in [1.29, 1.82) is 0 Å². The van der Waals surface area contributed by atoms with E-state index in [1.54, 1.807) is 0 Å². The van der Waals surface area contributed by atoms with Crippen LogP contribution in [0.3, 0.4) is 0 Å². The molecule has 2 heterocycles. The first kappa shape index (κ1) is 17.4. The molecule has 0 saturated carbocycles. The third-order valence-electron chi connectivity index (χ3n) is 2.63. The maximum absolute atomic E-state index is 11.8. The number of carbonyl (C=O) groups excluding carboxylic acids is 1. The fraction of sp³-hybridized carbons (Fsp3) is 0.700. The van der Waals surface area contributed by atoms with Gasteiger partial charge in [0.1, 0.15) is 0 Å². The standard InChI is InChI=1S/C10H17N5O2S2.ClH/c1-2-17-7-4-12-3-6(7)13-8(16)5-18-10-15-14-9(11)19-10;/h6-7,12H,2-5H2,1H3,(H2,11,14)(H,13,16);1H/t6-,7-;/m0./s1. The molecule has 0 radical (unpaired) electrons. The van der Waals surface area contributed by atoms with Crippen LogP contribution >= 0.6 is 35.5 Å². The Kier molecular flexibility index (Phi) is 7.52. The van der Waals surface area contributed by atoms with Crippen LogP contribution in [0.1, 0.15) is 6.92 Å². The third-order valence-corrected chi connectivity index (χ3v) is 4.52. The highest BCUT2D eigenvalue weighted by Crippen LogP contribution is 2.23. The highest BCUT2D eigenvalue weighted by molar-refractivity contribution is 8.01. The second-order valence-corrected chi connectivity index (χ2v) is 6.25. The minimum atomic E-state index is -0.0304. The van der Waals surface area contributed by atoms with Crippen LogP contribution < -0.4 is 16.4 Å². The van der Waals surface area contributed by atoms with Gasteiger partial charge in [-0.3, -0.25) is 4.79 Å². The number of nitrogens with two attached hydrogens (primary N) is 1. The molecule has 20 heavy (non-hydrogen) atoms. The minimum absolute atomic E-state index is 0. The Labute approximate surface area is 131 Å². The Bertz CT molecular complexity index is 434. The molecule has 0 spiro atoms. The van der Waals surface area contributed by atoms with Gasteiger partial charge in [0.15, 0.2) is 4.34 Å². The number of ether oxygens (including phenoxy) is 1. The number of hydrogen-bond acceptors (Lipinski definition) is 8. The van der Waals surface area contributed by atoms with Crippen LogP contribution in [0.2, 0.25) is 0 Å². The molecule has 1 aromatic heterocycles. The summed E-state index contributed by atoms with van der Waals surface area (Å²) in [7, 11) is 0. The van der Waals surface area contributed by atoms with Gasteiger partial charge in [-0.15, -0.1) is 22.6 Å². The normalized spacial score (nSPS) is 21.4. The van der Waals surface area contributed by atoms with E-state index in [1.807, 2.05) is 6.92 Å². The van der Waals surface area contributed by atoms with Crippen LogP contribution in [-0.4, -0.2) is 53.7 Å². The van der Waals surface area contributed by atoms with Crippen molar-refractivity contribution in [3.63, 3.8) is 0 Å². The topological polar surface area (TPSA) is 102 Å². The molecule has 7 nitrogen and oxygen atoms in total. The first-order valence-electron chi connectivity index (χ1n) is 6.02. The molecule has 1 aliphatic rings. The first-order chi connectivity index (χ1) is 9.19. The molecule has 1 fully saturated rings. The average molecular weight is 340 g/mol. The summed E-state index contributed by atoms with van der Waals surface area (Å²) in [5.74, 6) is 0.279. The number of carbonyl (C=O) groups is 1. The van der Waals surface area contributed by atoms with Crippen molar-refractivity contribution in [3.8, 4) is 0 Å². The first-order valence-corrected chi connectivity index (χ1v) is 7.82. The predicted octanol–water partition coefficient (Wildman–Crippen LogP) is 0.127. The number of thioether (sulfide) groups is 1. The Morgan fingerprint density at radius 1 is 1.60 bits per heavy atom. The fourth-order valence-corrected chi connectivity index (χ4v) is 3.29. The van der Waals surface area contributed by atoms with Crippen LogP contribution in [0.5, 0.6) is 0 Å². The second-order valence-electron chi connectivity index (χ2n) is 4.02. The van der Waals surface area contributed by atoms with E-state index >= 15 is 0 Å². The number of aromatic nitrogens is 2. The molecule has 0 aliphatic carbocycles. The summed E-state index contributed by atoms with van der Waals surface area (Å²) in [6, 6.07) is 0.0348. The number of nitrogens with zero attached hydrogens (tertiary/aromatic N) is 2. The zero-order valence-electron chi connectivity index (χ0n) is 11.0. The van der Waals surface area contributed by atoms with Crippen molar-refractivity contribution < 1.29 is 9.53 Å². The molecule has 0 bridgehead atoms. The van der Waals surface area contributed by atoms with E-state index in [9.17, 15) is 4.79 Å². The number of halogens is 1. The summed E-state index contributed by atoms with van der Waals surface area (Å²) in [5, 5.41) is 14.1. The van der Waals surface area contributed by atoms with Gasteiger partial charge in [0.2, 0.25) is 11.0 Å². The van der Waals surface area contributed by atoms with Crippen molar-refractivity contribution >= 4 is 46.5 Å². The number of hydrogen-bond donors (Lipinski definition) is 3. The number of anilines is 1. The summed E-state index contributed by atoms with van der Waals surface area (Å²) in [4.78, 5) is 11.8. The van der Waals surface area contributed by atoms with Crippen molar-refractivity contribution in [3.05, 3.63) is 0 Å². The van der Waals surface area contributed by atoms with E-state index in [1.165, 1.54) is 23.1 Å². The maximum Gasteiger partial charge on any atom is 0.230 e. The molecule has 2 atom stereocenters. The molecule has 0 unspecified atom stereocenters. The van der Waals surface area contributed by atoms with E-state index in [2.05, 4.69) is 20.8 Å². The van der Waals surface area contributed by atoms with Gasteiger partial charge in [0.05, 0.1) is 17.9 Å². The number of nitrogens with one attached hydrogen (secondary N) is 2. The van der Waals surface area contributed by atoms with Gasteiger partial charge < -0.3 is 21.1 Å². The van der Waals surface area contributed by atoms with Gasteiger partial charge in [-0.2, -0.15) is 0 Å². The number of rotatable bonds is 6. The van der Waals surface area contributed by atoms with Gasteiger partial charge in [-0.1, -0.05) is 23.1 Å². The molecule has 2 rings (SSSR count). The lowest BCUT2D eigenvalue weighted by Crippen LogP contribution is -2.44. The molecule has 1 aromatic rings. The molecular weight excluding hydrogens is 322 g/mol. The average Bonchev–Trinajstić information content (AvgIpc) is 2.97. The van der Waals surface area contributed by atoms with Crippen LogP contribution in [-0.2, 0) is 9.53 Å². The van der Waals surface area contributed by atoms with Gasteiger partial charge in [0, 0.05) is 19.7 Å². The summed E-state index contributed by atoms with van der Waals surface area (Å²) >= 11 is 2.62. The zero-order valence-corrected chi connectivity index (χ0v) is 13.4. The highest BCUT2D eigenvalue weighted by Gasteiger charge is 2.28. The number of amides is 1. The summed E-state index contributed by atoms with van der Waals surface area (Å²) in [6.45, 7) is 4.12. The summed E-state index contributed by atoms with van der Waals surface area (Å²) in [5.41, 5.74) is 5.47. The maximum atomic E-state index is 11.8. The van der Waals surface area contributed by atoms with Crippen LogP contribution in [0, 0.1) is 0 Å². The Balaban J connectivity index is 0.00000200. The van der Waals surface area contributed by atoms with Crippen molar-refractivity contribution in [2.75, 3.05) is 31.2 Å². The van der Waals surface area contributed by atoms with Crippen molar-refractivity contribution in [2.45, 2.75) is 23.4 Å². The SMILES string of the molecule is CCO[C@H]1CNC[C@@H]1NC(=O)CSc1nnc(N)s1.Cl. The van der Waals surface area contributed by atoms with Gasteiger partial charge >= 0.3 is 0 Å². The lowest BCUT2D eigenvalue weighted by atomic mass is 10.2. The zero-order chi connectivity index (χ0) is 13.7. The lowest BCUT2D eigenvalue weighted by molar-refractivity contribution is -0.120. The molecule has 10 heteroatoms. The third kappa shape index (κ3) is 5.06. The summed E-state index contributed by atoms with van der Waals surface area (Å²) < 4.78 is 6.27. The molecule has 1 amide bonds. The Hall–Kier alpha value is -0.610. The lowest BCUT2D eigenvalue weighted by Gasteiger charge is -2.19. The van der Waals surface area contributed by atoms with E-state index < -0.39 is 0 Å². The van der Waals surface area contributed by atoms with Crippen LogP contribution in [0.4, 0.5) is 5.13 Å².